The van der Waals surface area contributed by atoms with Crippen LogP contribution < -0.4 is 44.8 Å². The van der Waals surface area contributed by atoms with Crippen LogP contribution in [0.4, 0.5) is 0 Å². The number of ether oxygens (including phenoxy) is 8. The van der Waals surface area contributed by atoms with E-state index in [4.69, 9.17) is 43.6 Å². The second kappa shape index (κ2) is 23.7. The highest BCUT2D eigenvalue weighted by molar-refractivity contribution is 6.05. The van der Waals surface area contributed by atoms with E-state index >= 15 is 0 Å². The van der Waals surface area contributed by atoms with Crippen molar-refractivity contribution in [2.24, 2.45) is 11.7 Å². The molecule has 1 aromatic heterocycles. The van der Waals surface area contributed by atoms with Crippen molar-refractivity contribution in [3.05, 3.63) is 142 Å². The first-order valence-corrected chi connectivity index (χ1v) is 23.4. The summed E-state index contributed by atoms with van der Waals surface area (Å²) in [4.78, 5) is 64.0. The minimum Gasteiger partial charge on any atom is -0.497 e. The summed E-state index contributed by atoms with van der Waals surface area (Å²) in [5.41, 5.74) is 13.5. The van der Waals surface area contributed by atoms with Crippen LogP contribution in [0, 0.1) is 19.8 Å². The summed E-state index contributed by atoms with van der Waals surface area (Å²) in [6.45, 7) is 6.63. The van der Waals surface area contributed by atoms with Gasteiger partial charge in [0.2, 0.25) is 24.4 Å². The molecule has 1 aliphatic heterocycles. The molecule has 17 nitrogen and oxygen atoms in total. The van der Waals surface area contributed by atoms with E-state index < -0.39 is 24.0 Å². The minimum absolute atomic E-state index is 0.0487. The minimum atomic E-state index is -0.824. The van der Waals surface area contributed by atoms with Gasteiger partial charge in [0.25, 0.3) is 12.4 Å². The Kier molecular flexibility index (Phi) is 17.1. The molecule has 0 fully saturated rings. The number of nitrogens with one attached hydrogen (secondary N) is 2. The maximum Gasteiger partial charge on any atom is 0.306 e. The third-order valence-electron chi connectivity index (χ3n) is 13.0. The molecular weight excluding hydrogens is 925 g/mol. The summed E-state index contributed by atoms with van der Waals surface area (Å²) in [6, 6.07) is 28.9. The van der Waals surface area contributed by atoms with Gasteiger partial charge in [0.05, 0.1) is 59.3 Å². The highest BCUT2D eigenvalue weighted by Crippen LogP contribution is 2.48. The van der Waals surface area contributed by atoms with Gasteiger partial charge in [0.15, 0.2) is 23.0 Å². The molecule has 5 aromatic carbocycles. The first kappa shape index (κ1) is 51.8. The van der Waals surface area contributed by atoms with Gasteiger partial charge in [-0.05, 0) is 96.6 Å². The van der Waals surface area contributed by atoms with Gasteiger partial charge in [-0.25, -0.2) is 0 Å². The topological polar surface area (TPSA) is 214 Å². The molecule has 0 saturated heterocycles. The third-order valence-corrected chi connectivity index (χ3v) is 13.0. The number of fused-ring (bicyclic) bond motifs is 3. The number of carbonyl (C=O) groups is 5. The van der Waals surface area contributed by atoms with Crippen LogP contribution >= 0.6 is 0 Å². The van der Waals surface area contributed by atoms with E-state index in [1.807, 2.05) is 93.6 Å². The number of nitrogens with two attached hydrogens (primary N) is 1. The summed E-state index contributed by atoms with van der Waals surface area (Å²) in [6.07, 6.45) is -1.05. The third kappa shape index (κ3) is 11.8. The normalized spacial score (nSPS) is 16.3. The highest BCUT2D eigenvalue weighted by atomic mass is 16.7. The largest absolute Gasteiger partial charge is 0.497 e. The average Bonchev–Trinajstić information content (AvgIpc) is 3.98. The van der Waals surface area contributed by atoms with Gasteiger partial charge in [0.1, 0.15) is 11.9 Å². The molecule has 17 heteroatoms. The Balaban J connectivity index is 0.000000556. The number of methoxy groups -OCH3 is 4. The summed E-state index contributed by atoms with van der Waals surface area (Å²) in [7, 11) is 6.35. The first-order chi connectivity index (χ1) is 34.8. The molecule has 0 bridgehead atoms. The lowest BCUT2D eigenvalue weighted by atomic mass is 9.72. The van der Waals surface area contributed by atoms with Gasteiger partial charge in [0, 0.05) is 47.8 Å². The predicted octanol–water partition coefficient (Wildman–Crippen LogP) is 7.17. The lowest BCUT2D eigenvalue weighted by molar-refractivity contribution is -0.156. The number of nitrogens with zero attached hydrogens (tertiary/aromatic N) is 1. The van der Waals surface area contributed by atoms with E-state index in [2.05, 4.69) is 10.6 Å². The van der Waals surface area contributed by atoms with E-state index in [1.165, 1.54) is 0 Å². The predicted molar refractivity (Wildman–Crippen MR) is 267 cm³/mol. The second-order valence-corrected chi connectivity index (χ2v) is 17.4. The molecule has 6 aromatic rings. The molecule has 2 aliphatic rings. The van der Waals surface area contributed by atoms with Crippen LogP contribution in [-0.2, 0) is 48.2 Å². The Hall–Kier alpha value is -8.05. The number of esters is 1. The average molecular weight is 985 g/mol. The van der Waals surface area contributed by atoms with Gasteiger partial charge >= 0.3 is 5.97 Å². The number of rotatable bonds is 18. The van der Waals surface area contributed by atoms with E-state index in [-0.39, 0.29) is 69.4 Å². The second-order valence-electron chi connectivity index (χ2n) is 17.4. The maximum atomic E-state index is 13.7. The Morgan fingerprint density at radius 2 is 1.38 bits per heavy atom. The van der Waals surface area contributed by atoms with Crippen LogP contribution in [0.3, 0.4) is 0 Å². The lowest BCUT2D eigenvalue weighted by Crippen LogP contribution is -2.46. The van der Waals surface area contributed by atoms with Crippen molar-refractivity contribution in [3.8, 4) is 34.5 Å². The zero-order valence-corrected chi connectivity index (χ0v) is 41.4. The number of hydrogen-bond acceptors (Lipinski definition) is 14. The highest BCUT2D eigenvalue weighted by Gasteiger charge is 2.43. The number of hydrogen-bond donors (Lipinski definition) is 3. The molecule has 2 amide bonds. The fraction of sp³-hybridized carbons (Fsp3) is 0.327. The number of aryl methyl sites for hydroxylation is 1. The van der Waals surface area contributed by atoms with Crippen LogP contribution in [0.15, 0.2) is 97.1 Å². The zero-order chi connectivity index (χ0) is 51.5. The SMILES string of the molecule is COc1ccc2c(c1)c(CC(=O)NCc1ccc(CNC(=O)CCC(=O)OC3c4cc5c(cc4C(C)C(N)C3COC=O)OCO5)cc1)c(C)n2C(=O)c1ccc(C)cc1.COc1cccc(OC)c1OC. The van der Waals surface area contributed by atoms with Crippen molar-refractivity contribution in [2.45, 2.75) is 71.2 Å². The fourth-order valence-corrected chi connectivity index (χ4v) is 8.95. The van der Waals surface area contributed by atoms with Gasteiger partial charge in [-0.3, -0.25) is 28.5 Å². The Morgan fingerprint density at radius 3 is 1.97 bits per heavy atom. The standard InChI is InChI=1S/C46H48N4O10.C9H12O3/c1-26-5-11-31(12-6-26)46(55)50-28(3)34(35-17-32(56-4)13-14-38(35)50)20-42(53)49-22-30-9-7-29(8-10-30)21-48-41(52)15-16-43(54)60-45-36-19-40-39(58-25-59-40)18-33(36)27(2)44(47)37(45)23-57-24-51;1-10-7-5-4-6-8(11-2)9(7)12-3/h5-14,17-19,24,27,37,44-45H,15-16,20-23,25,47H2,1-4H3,(H,48,52)(H,49,53);4-6H,1-3H3. The summed E-state index contributed by atoms with van der Waals surface area (Å²) in [5.74, 6) is 1.72. The van der Waals surface area contributed by atoms with Crippen molar-refractivity contribution >= 4 is 41.1 Å². The van der Waals surface area contributed by atoms with Gasteiger partial charge < -0.3 is 54.3 Å². The zero-order valence-electron chi connectivity index (χ0n) is 41.4. The van der Waals surface area contributed by atoms with E-state index in [0.29, 0.717) is 63.3 Å². The summed E-state index contributed by atoms with van der Waals surface area (Å²) in [5, 5.41) is 6.59. The monoisotopic (exact) mass is 984 g/mol. The number of para-hydroxylation sites is 1. The molecule has 0 radical (unpaired) electrons. The molecular formula is C55H60N4O13. The van der Waals surface area contributed by atoms with Crippen molar-refractivity contribution in [2.75, 3.05) is 41.8 Å². The van der Waals surface area contributed by atoms with E-state index in [0.717, 1.165) is 33.2 Å². The van der Waals surface area contributed by atoms with Gasteiger partial charge in [-0.15, -0.1) is 0 Å². The molecule has 72 heavy (non-hydrogen) atoms. The van der Waals surface area contributed by atoms with Gasteiger partial charge in [-0.2, -0.15) is 0 Å². The molecule has 4 N–H and O–H groups in total. The van der Waals surface area contributed by atoms with Crippen molar-refractivity contribution < 1.29 is 61.9 Å². The Labute approximate surface area is 417 Å². The molecule has 8 rings (SSSR count). The van der Waals surface area contributed by atoms with Crippen LogP contribution in [0.25, 0.3) is 10.9 Å². The molecule has 378 valence electrons. The van der Waals surface area contributed by atoms with Gasteiger partial charge in [-0.1, -0.05) is 55.0 Å². The fourth-order valence-electron chi connectivity index (χ4n) is 8.95. The summed E-state index contributed by atoms with van der Waals surface area (Å²) < 4.78 is 44.5. The van der Waals surface area contributed by atoms with Crippen LogP contribution in [0.2, 0.25) is 0 Å². The van der Waals surface area contributed by atoms with Crippen LogP contribution in [0.5, 0.6) is 34.5 Å². The number of aromatic nitrogens is 1. The molecule has 1 aliphatic carbocycles. The quantitative estimate of drug-likeness (QED) is 0.0576. The molecule has 0 saturated carbocycles. The lowest BCUT2D eigenvalue weighted by Gasteiger charge is -2.40. The van der Waals surface area contributed by atoms with Crippen molar-refractivity contribution in [1.29, 1.82) is 0 Å². The van der Waals surface area contributed by atoms with Crippen LogP contribution in [0.1, 0.15) is 81.2 Å². The van der Waals surface area contributed by atoms with Crippen molar-refractivity contribution in [3.63, 3.8) is 0 Å². The number of carbonyl (C=O) groups excluding carboxylic acids is 5. The molecule has 4 unspecified atom stereocenters. The first-order valence-electron chi connectivity index (χ1n) is 23.4. The Bertz CT molecular complexity index is 2890. The molecule has 2 heterocycles. The molecule has 0 spiro atoms. The van der Waals surface area contributed by atoms with E-state index in [1.54, 1.807) is 57.3 Å². The maximum absolute atomic E-state index is 13.7. The smallest absolute Gasteiger partial charge is 0.306 e. The Morgan fingerprint density at radius 1 is 0.750 bits per heavy atom. The molecule has 4 atom stereocenters. The number of benzene rings is 5. The van der Waals surface area contributed by atoms with Crippen molar-refractivity contribution in [1.82, 2.24) is 15.2 Å². The summed E-state index contributed by atoms with van der Waals surface area (Å²) >= 11 is 0. The number of amides is 2. The van der Waals surface area contributed by atoms with E-state index in [9.17, 15) is 24.0 Å². The van der Waals surface area contributed by atoms with Crippen LogP contribution in [-0.4, -0.2) is 82.6 Å².